The molecule has 0 saturated carbocycles. The van der Waals surface area contributed by atoms with Crippen LogP contribution >= 0.6 is 27.5 Å². The average molecular weight is 664 g/mol. The van der Waals surface area contributed by atoms with Crippen molar-refractivity contribution >= 4 is 59.6 Å². The summed E-state index contributed by atoms with van der Waals surface area (Å²) in [5.41, 5.74) is -1.36. The number of halogens is 3. The molecule has 1 aliphatic rings. The van der Waals surface area contributed by atoms with Gasteiger partial charge in [0.25, 0.3) is 5.91 Å². The number of amides is 1. The highest BCUT2D eigenvalue weighted by Gasteiger charge is 2.44. The van der Waals surface area contributed by atoms with Crippen LogP contribution in [-0.2, 0) is 29.4 Å². The number of aldehydes is 1. The van der Waals surface area contributed by atoms with E-state index in [0.29, 0.717) is 33.5 Å². The van der Waals surface area contributed by atoms with Gasteiger partial charge in [-0.05, 0) is 37.1 Å². The maximum atomic E-state index is 15.5. The molecule has 8 nitrogen and oxygen atoms in total. The second kappa shape index (κ2) is 13.5. The molecule has 1 N–H and O–H groups in total. The number of hydrogen-bond donors (Lipinski definition) is 1. The van der Waals surface area contributed by atoms with Crippen LogP contribution in [-0.4, -0.2) is 64.4 Å². The van der Waals surface area contributed by atoms with Crippen molar-refractivity contribution in [1.82, 2.24) is 9.62 Å². The first kappa shape index (κ1) is 31.4. The van der Waals surface area contributed by atoms with E-state index >= 15 is 4.39 Å². The number of sulfonamides is 1. The molecule has 212 valence electrons. The highest BCUT2D eigenvalue weighted by Crippen LogP contribution is 2.37. The molecule has 0 aromatic heterocycles. The van der Waals surface area contributed by atoms with Gasteiger partial charge in [-0.3, -0.25) is 4.79 Å². The summed E-state index contributed by atoms with van der Waals surface area (Å²) < 4.78 is 68.3. The Morgan fingerprint density at radius 2 is 1.77 bits per heavy atom. The highest BCUT2D eigenvalue weighted by atomic mass is 79.9. The largest absolute Gasteiger partial charge is 0.350 e. The highest BCUT2D eigenvalue weighted by molar-refractivity contribution is 9.10. The molecule has 0 spiro atoms. The minimum Gasteiger partial charge on any atom is -0.350 e. The van der Waals surface area contributed by atoms with Crippen molar-refractivity contribution in [3.8, 4) is 11.1 Å². The van der Waals surface area contributed by atoms with Crippen LogP contribution in [0.25, 0.3) is 11.1 Å². The lowest BCUT2D eigenvalue weighted by Gasteiger charge is -2.35. The second-order valence-corrected chi connectivity index (χ2v) is 14.3. The summed E-state index contributed by atoms with van der Waals surface area (Å²) in [6.07, 6.45) is 2.34. The fourth-order valence-electron chi connectivity index (χ4n) is 4.17. The first-order valence-electron chi connectivity index (χ1n) is 12.2. The van der Waals surface area contributed by atoms with Crippen LogP contribution in [0.3, 0.4) is 0 Å². The van der Waals surface area contributed by atoms with Crippen molar-refractivity contribution in [3.05, 3.63) is 63.4 Å². The van der Waals surface area contributed by atoms with E-state index in [0.717, 1.165) is 16.0 Å². The van der Waals surface area contributed by atoms with Crippen LogP contribution in [0, 0.1) is 0 Å². The lowest BCUT2D eigenvalue weighted by molar-refractivity contribution is -0.135. The van der Waals surface area contributed by atoms with Gasteiger partial charge in [0.2, 0.25) is 10.0 Å². The first-order valence-corrected chi connectivity index (χ1v) is 16.6. The Kier molecular flexibility index (Phi) is 10.9. The summed E-state index contributed by atoms with van der Waals surface area (Å²) in [6.45, 7) is -0.620. The SMILES string of the molecule is O=CCCCCS(=O)(=O)/C=C\CNC(=O)C1(F)CCN(S(=O)(=O)c2ccc(Br)cc2-c2ccccc2Cl)CC1. The maximum absolute atomic E-state index is 15.5. The smallest absolute Gasteiger partial charge is 0.258 e. The lowest BCUT2D eigenvalue weighted by Crippen LogP contribution is -2.52. The maximum Gasteiger partial charge on any atom is 0.258 e. The Balaban J connectivity index is 1.64. The molecule has 0 unspecified atom stereocenters. The van der Waals surface area contributed by atoms with Crippen LogP contribution < -0.4 is 5.32 Å². The lowest BCUT2D eigenvalue weighted by atomic mass is 9.93. The third-order valence-corrected chi connectivity index (χ3v) is 10.6. The van der Waals surface area contributed by atoms with Crippen molar-refractivity contribution in [2.75, 3.05) is 25.4 Å². The van der Waals surface area contributed by atoms with Crippen LogP contribution in [0.2, 0.25) is 5.02 Å². The number of nitrogens with zero attached hydrogens (tertiary/aromatic N) is 1. The molecule has 1 amide bonds. The Bertz CT molecular complexity index is 1440. The molecule has 2 aromatic carbocycles. The third-order valence-electron chi connectivity index (χ3n) is 6.33. The quantitative estimate of drug-likeness (QED) is 0.261. The molecule has 1 fully saturated rings. The Hall–Kier alpha value is -2.12. The molecule has 2 aromatic rings. The van der Waals surface area contributed by atoms with Gasteiger partial charge in [0, 0.05) is 64.9 Å². The van der Waals surface area contributed by atoms with Gasteiger partial charge in [0.05, 0.1) is 10.6 Å². The topological polar surface area (TPSA) is 118 Å². The van der Waals surface area contributed by atoms with Crippen LogP contribution in [0.15, 0.2) is 63.3 Å². The van der Waals surface area contributed by atoms with Gasteiger partial charge in [-0.2, -0.15) is 4.31 Å². The number of nitrogens with one attached hydrogen (secondary N) is 1. The van der Waals surface area contributed by atoms with E-state index in [9.17, 15) is 26.4 Å². The van der Waals surface area contributed by atoms with E-state index in [-0.39, 0.29) is 49.5 Å². The Labute approximate surface area is 241 Å². The van der Waals surface area contributed by atoms with Gasteiger partial charge >= 0.3 is 0 Å². The predicted octanol–water partition coefficient (Wildman–Crippen LogP) is 4.68. The van der Waals surface area contributed by atoms with E-state index in [2.05, 4.69) is 21.2 Å². The standard InChI is InChI=1S/C26H29BrClFN2O6S2/c27-20-9-10-24(22(19-20)21-7-2-3-8-23(21)28)39(36,37)31-14-11-26(29,12-15-31)25(33)30-13-6-18-38(34,35)17-5-1-4-16-32/h2-3,6-10,16,18-19H,1,4-5,11-15,17H2,(H,30,33)/b18-6-. The van der Waals surface area contributed by atoms with Gasteiger partial charge < -0.3 is 10.1 Å². The molecule has 0 bridgehead atoms. The van der Waals surface area contributed by atoms with Crippen molar-refractivity contribution in [1.29, 1.82) is 0 Å². The van der Waals surface area contributed by atoms with Gasteiger partial charge in [-0.15, -0.1) is 0 Å². The Morgan fingerprint density at radius 1 is 1.08 bits per heavy atom. The minimum atomic E-state index is -4.04. The Morgan fingerprint density at radius 3 is 2.44 bits per heavy atom. The predicted molar refractivity (Wildman–Crippen MR) is 152 cm³/mol. The molecule has 39 heavy (non-hydrogen) atoms. The molecule has 13 heteroatoms. The van der Waals surface area contributed by atoms with Crippen molar-refractivity contribution in [2.24, 2.45) is 0 Å². The van der Waals surface area contributed by atoms with Crippen LogP contribution in [0.5, 0.6) is 0 Å². The van der Waals surface area contributed by atoms with Crippen molar-refractivity contribution in [2.45, 2.75) is 42.7 Å². The van der Waals surface area contributed by atoms with Gasteiger partial charge in [-0.1, -0.05) is 51.8 Å². The van der Waals surface area contributed by atoms with Gasteiger partial charge in [-0.25, -0.2) is 21.2 Å². The number of hydrogen-bond acceptors (Lipinski definition) is 6. The van der Waals surface area contributed by atoms with Crippen molar-refractivity contribution < 1.29 is 30.8 Å². The molecule has 0 atom stereocenters. The molecule has 1 heterocycles. The van der Waals surface area contributed by atoms with E-state index in [4.69, 9.17) is 11.6 Å². The molecule has 1 saturated heterocycles. The number of alkyl halides is 1. The normalized spacial score (nSPS) is 16.3. The molecular weight excluding hydrogens is 635 g/mol. The third kappa shape index (κ3) is 8.20. The number of benzene rings is 2. The van der Waals surface area contributed by atoms with Crippen molar-refractivity contribution in [3.63, 3.8) is 0 Å². The number of carbonyl (C=O) groups is 2. The summed E-state index contributed by atoms with van der Waals surface area (Å²) >= 11 is 9.70. The number of piperidine rings is 1. The fraction of sp³-hybridized carbons (Fsp3) is 0.385. The summed E-state index contributed by atoms with van der Waals surface area (Å²) in [5.74, 6) is -1.05. The zero-order valence-electron chi connectivity index (χ0n) is 21.0. The minimum absolute atomic E-state index is 0.0205. The fourth-order valence-corrected chi connectivity index (χ4v) is 7.53. The van der Waals surface area contributed by atoms with Crippen LogP contribution in [0.4, 0.5) is 4.39 Å². The van der Waals surface area contributed by atoms with Gasteiger partial charge in [0.15, 0.2) is 15.5 Å². The zero-order chi connectivity index (χ0) is 28.7. The van der Waals surface area contributed by atoms with E-state index in [1.807, 2.05) is 0 Å². The number of sulfone groups is 1. The molecule has 0 aliphatic carbocycles. The number of rotatable bonds is 12. The second-order valence-electron chi connectivity index (χ2n) is 9.10. The monoisotopic (exact) mass is 662 g/mol. The summed E-state index contributed by atoms with van der Waals surface area (Å²) in [6, 6.07) is 11.6. The first-order chi connectivity index (χ1) is 18.4. The zero-order valence-corrected chi connectivity index (χ0v) is 25.0. The molecule has 3 rings (SSSR count). The molecular formula is C26H29BrClFN2O6S2. The number of carbonyl (C=O) groups excluding carboxylic acids is 2. The van der Waals surface area contributed by atoms with E-state index < -0.39 is 31.4 Å². The summed E-state index contributed by atoms with van der Waals surface area (Å²) in [5, 5.41) is 3.71. The molecule has 0 radical (unpaired) electrons. The number of unbranched alkanes of at least 4 members (excludes halogenated alkanes) is 2. The summed E-state index contributed by atoms with van der Waals surface area (Å²) in [4.78, 5) is 22.9. The van der Waals surface area contributed by atoms with Gasteiger partial charge in [0.1, 0.15) is 6.29 Å². The average Bonchev–Trinajstić information content (AvgIpc) is 2.89. The molecule has 1 aliphatic heterocycles. The summed E-state index contributed by atoms with van der Waals surface area (Å²) in [7, 11) is -7.55. The van der Waals surface area contributed by atoms with E-state index in [1.165, 1.54) is 12.1 Å². The van der Waals surface area contributed by atoms with Crippen LogP contribution in [0.1, 0.15) is 32.1 Å². The van der Waals surface area contributed by atoms with E-state index in [1.54, 1.807) is 36.4 Å².